The molecule has 0 fully saturated rings. The van der Waals surface area contributed by atoms with Gasteiger partial charge in [0.05, 0.1) is 0 Å². The first kappa shape index (κ1) is 20.0. The maximum absolute atomic E-state index is 12.2. The van der Waals surface area contributed by atoms with E-state index in [1.165, 1.54) is 0 Å². The molecule has 27 heavy (non-hydrogen) atoms. The zero-order chi connectivity index (χ0) is 19.5. The monoisotopic (exact) mass is 364 g/mol. The number of hydrogen-bond acceptors (Lipinski definition) is 4. The van der Waals surface area contributed by atoms with Gasteiger partial charge in [-0.05, 0) is 29.7 Å². The van der Waals surface area contributed by atoms with Crippen LogP contribution in [0.3, 0.4) is 0 Å². The van der Waals surface area contributed by atoms with Crippen molar-refractivity contribution in [3.8, 4) is 11.9 Å². The van der Waals surface area contributed by atoms with Crippen molar-refractivity contribution in [1.82, 2.24) is 5.32 Å². The normalized spacial score (nSPS) is 12.0. The molecule has 1 amide bonds. The Bertz CT molecular complexity index is 812. The van der Waals surface area contributed by atoms with E-state index in [2.05, 4.69) is 29.5 Å². The summed E-state index contributed by atoms with van der Waals surface area (Å²) in [5, 5.41) is 14.8. The fourth-order valence-corrected chi connectivity index (χ4v) is 2.37. The smallest absolute Gasteiger partial charge is 0.305 e. The Hall–Kier alpha value is -3.33. The number of nitrogens with zero attached hydrogens (tertiary/aromatic N) is 2. The summed E-state index contributed by atoms with van der Waals surface area (Å²) in [5.41, 5.74) is 1.60. The number of carbonyl (C=O) groups excluding carboxylic acids is 1. The molecule has 0 aliphatic carbocycles. The van der Waals surface area contributed by atoms with Gasteiger partial charge in [-0.2, -0.15) is 5.26 Å². The first-order valence-electron chi connectivity index (χ1n) is 8.93. The molecular weight excluding hydrogens is 340 g/mol. The molecule has 0 aliphatic heterocycles. The van der Waals surface area contributed by atoms with Crippen LogP contribution >= 0.6 is 0 Å². The van der Waals surface area contributed by atoms with E-state index in [4.69, 9.17) is 10.00 Å². The van der Waals surface area contributed by atoms with Crippen LogP contribution in [-0.2, 0) is 11.3 Å². The summed E-state index contributed by atoms with van der Waals surface area (Å²) >= 11 is 0. The molecule has 0 radical (unpaired) electrons. The van der Waals surface area contributed by atoms with E-state index in [1.54, 1.807) is 18.3 Å². The van der Waals surface area contributed by atoms with Gasteiger partial charge in [0.1, 0.15) is 5.75 Å². The van der Waals surface area contributed by atoms with E-state index < -0.39 is 0 Å². The third-order valence-electron chi connectivity index (χ3n) is 4.06. The molecule has 6 nitrogen and oxygen atoms in total. The summed E-state index contributed by atoms with van der Waals surface area (Å²) in [7, 11) is 0. The predicted molar refractivity (Wildman–Crippen MR) is 106 cm³/mol. The highest BCUT2D eigenvalue weighted by Gasteiger charge is 2.11. The van der Waals surface area contributed by atoms with Gasteiger partial charge >= 0.3 is 6.02 Å². The number of nitriles is 1. The van der Waals surface area contributed by atoms with E-state index in [9.17, 15) is 4.79 Å². The lowest BCUT2D eigenvalue weighted by atomic mass is 10.0. The van der Waals surface area contributed by atoms with Crippen LogP contribution in [0.5, 0.6) is 5.75 Å². The quantitative estimate of drug-likeness (QED) is 0.440. The lowest BCUT2D eigenvalue weighted by molar-refractivity contribution is -0.117. The first-order valence-corrected chi connectivity index (χ1v) is 8.93. The Morgan fingerprint density at radius 1 is 1.19 bits per heavy atom. The van der Waals surface area contributed by atoms with Gasteiger partial charge in [0, 0.05) is 18.7 Å². The fourth-order valence-electron chi connectivity index (χ4n) is 2.37. The summed E-state index contributed by atoms with van der Waals surface area (Å²) in [6.07, 6.45) is 3.17. The Labute approximate surface area is 159 Å². The summed E-state index contributed by atoms with van der Waals surface area (Å²) in [4.78, 5) is 15.9. The van der Waals surface area contributed by atoms with Gasteiger partial charge in [-0.3, -0.25) is 4.79 Å². The SMILES string of the molecule is CCC(C)CC(=O)Nc1ccccc1CN/C(=N/C#N)Oc1ccccc1. The summed E-state index contributed by atoms with van der Waals surface area (Å²) in [6, 6.07) is 16.7. The number of carbonyl (C=O) groups is 1. The van der Waals surface area contributed by atoms with Crippen LogP contribution in [0.4, 0.5) is 5.69 Å². The Kier molecular flexibility index (Phi) is 7.86. The van der Waals surface area contributed by atoms with Crippen molar-refractivity contribution in [2.75, 3.05) is 5.32 Å². The summed E-state index contributed by atoms with van der Waals surface area (Å²) < 4.78 is 5.59. The molecule has 0 bridgehead atoms. The number of para-hydroxylation sites is 2. The molecular formula is C21H24N4O2. The van der Waals surface area contributed by atoms with Crippen molar-refractivity contribution in [2.45, 2.75) is 33.2 Å². The minimum Gasteiger partial charge on any atom is -0.425 e. The Balaban J connectivity index is 2.02. The topological polar surface area (TPSA) is 86.5 Å². The van der Waals surface area contributed by atoms with Crippen molar-refractivity contribution in [3.63, 3.8) is 0 Å². The largest absolute Gasteiger partial charge is 0.425 e. The fraction of sp³-hybridized carbons (Fsp3) is 0.286. The van der Waals surface area contributed by atoms with Crippen LogP contribution in [0.15, 0.2) is 59.6 Å². The number of anilines is 1. The first-order chi connectivity index (χ1) is 13.1. The number of nitrogens with one attached hydrogen (secondary N) is 2. The highest BCUT2D eigenvalue weighted by atomic mass is 16.5. The van der Waals surface area contributed by atoms with Gasteiger partial charge in [0.25, 0.3) is 0 Å². The van der Waals surface area contributed by atoms with Gasteiger partial charge < -0.3 is 15.4 Å². The lowest BCUT2D eigenvalue weighted by Crippen LogP contribution is -2.28. The molecule has 1 atom stereocenters. The minimum absolute atomic E-state index is 0.0109. The van der Waals surface area contributed by atoms with Crippen LogP contribution in [0.25, 0.3) is 0 Å². The Morgan fingerprint density at radius 2 is 1.89 bits per heavy atom. The second kappa shape index (κ2) is 10.6. The van der Waals surface area contributed by atoms with Gasteiger partial charge in [-0.1, -0.05) is 56.7 Å². The molecule has 2 rings (SSSR count). The Morgan fingerprint density at radius 3 is 2.59 bits per heavy atom. The second-order valence-electron chi connectivity index (χ2n) is 6.21. The number of hydrogen-bond donors (Lipinski definition) is 2. The molecule has 2 aromatic carbocycles. The lowest BCUT2D eigenvalue weighted by Gasteiger charge is -2.14. The van der Waals surface area contributed by atoms with E-state index in [0.29, 0.717) is 24.6 Å². The third-order valence-corrected chi connectivity index (χ3v) is 4.06. The highest BCUT2D eigenvalue weighted by Crippen LogP contribution is 2.17. The average molecular weight is 364 g/mol. The van der Waals surface area contributed by atoms with Crippen LogP contribution in [-0.4, -0.2) is 11.9 Å². The highest BCUT2D eigenvalue weighted by molar-refractivity contribution is 5.91. The van der Waals surface area contributed by atoms with Crippen molar-refractivity contribution in [3.05, 3.63) is 60.2 Å². The number of amidine groups is 1. The molecule has 2 N–H and O–H groups in total. The van der Waals surface area contributed by atoms with E-state index in [1.807, 2.05) is 42.5 Å². The molecule has 0 heterocycles. The van der Waals surface area contributed by atoms with Crippen molar-refractivity contribution in [1.29, 1.82) is 5.26 Å². The molecule has 0 aromatic heterocycles. The maximum Gasteiger partial charge on any atom is 0.305 e. The molecule has 0 saturated carbocycles. The molecule has 0 saturated heterocycles. The number of ether oxygens (including phenoxy) is 1. The van der Waals surface area contributed by atoms with E-state index in [0.717, 1.165) is 17.7 Å². The molecule has 1 unspecified atom stereocenters. The van der Waals surface area contributed by atoms with Gasteiger partial charge in [-0.25, -0.2) is 0 Å². The zero-order valence-electron chi connectivity index (χ0n) is 15.6. The number of rotatable bonds is 7. The van der Waals surface area contributed by atoms with E-state index >= 15 is 0 Å². The summed E-state index contributed by atoms with van der Waals surface area (Å²) in [5.74, 6) is 0.904. The molecule has 140 valence electrons. The van der Waals surface area contributed by atoms with Crippen LogP contribution < -0.4 is 15.4 Å². The molecule has 0 spiro atoms. The summed E-state index contributed by atoms with van der Waals surface area (Å²) in [6.45, 7) is 4.48. The average Bonchev–Trinajstić information content (AvgIpc) is 2.68. The molecule has 2 aromatic rings. The van der Waals surface area contributed by atoms with E-state index in [-0.39, 0.29) is 11.9 Å². The van der Waals surface area contributed by atoms with Gasteiger partial charge in [-0.15, -0.1) is 4.99 Å². The second-order valence-corrected chi connectivity index (χ2v) is 6.21. The molecule has 0 aliphatic rings. The van der Waals surface area contributed by atoms with Crippen LogP contribution in [0, 0.1) is 17.4 Å². The predicted octanol–water partition coefficient (Wildman–Crippen LogP) is 4.07. The van der Waals surface area contributed by atoms with Crippen molar-refractivity contribution >= 4 is 17.6 Å². The maximum atomic E-state index is 12.2. The number of amides is 1. The minimum atomic E-state index is -0.0109. The zero-order valence-corrected chi connectivity index (χ0v) is 15.6. The van der Waals surface area contributed by atoms with Crippen molar-refractivity contribution < 1.29 is 9.53 Å². The van der Waals surface area contributed by atoms with Crippen molar-refractivity contribution in [2.24, 2.45) is 10.9 Å². The van der Waals surface area contributed by atoms with Gasteiger partial charge in [0.2, 0.25) is 12.1 Å². The third kappa shape index (κ3) is 6.83. The molecule has 6 heteroatoms. The van der Waals surface area contributed by atoms with Gasteiger partial charge in [0.15, 0.2) is 0 Å². The van der Waals surface area contributed by atoms with Crippen LogP contribution in [0.2, 0.25) is 0 Å². The standard InChI is InChI=1S/C21H24N4O2/c1-3-16(2)13-20(26)25-19-12-8-7-9-17(19)14-23-21(24-15-22)27-18-10-5-4-6-11-18/h4-12,16H,3,13-14H2,1-2H3,(H,23,24)(H,25,26). The number of benzene rings is 2. The van der Waals surface area contributed by atoms with Crippen LogP contribution in [0.1, 0.15) is 32.3 Å². The number of aliphatic imine (C=N–C) groups is 1.